The third-order valence-corrected chi connectivity index (χ3v) is 2.72. The smallest absolute Gasteiger partial charge is 0.284 e. The summed E-state index contributed by atoms with van der Waals surface area (Å²) in [5.74, 6) is -1.83. The second-order valence-corrected chi connectivity index (χ2v) is 4.16. The summed E-state index contributed by atoms with van der Waals surface area (Å²) in [5.41, 5.74) is 0.757. The van der Waals surface area contributed by atoms with E-state index in [0.29, 0.717) is 0 Å². The lowest BCUT2D eigenvalue weighted by Gasteiger charge is -2.07. The molecule has 0 aliphatic carbocycles. The number of rotatable bonds is 3. The van der Waals surface area contributed by atoms with Gasteiger partial charge in [-0.15, -0.1) is 0 Å². The van der Waals surface area contributed by atoms with Crippen LogP contribution in [0, 0.1) is 0 Å². The summed E-state index contributed by atoms with van der Waals surface area (Å²) in [5, 5.41) is 0. The molecule has 102 valence electrons. The first kappa shape index (κ1) is 14.1. The Morgan fingerprint density at radius 1 is 0.850 bits per heavy atom. The van der Waals surface area contributed by atoms with Crippen molar-refractivity contribution in [1.29, 1.82) is 0 Å². The van der Waals surface area contributed by atoms with Crippen LogP contribution < -0.4 is 0 Å². The molecule has 2 rings (SSSR count). The fourth-order valence-corrected chi connectivity index (χ4v) is 1.75. The second kappa shape index (κ2) is 5.74. The van der Waals surface area contributed by atoms with Gasteiger partial charge >= 0.3 is 6.18 Å². The maximum atomic E-state index is 12.5. The summed E-state index contributed by atoms with van der Waals surface area (Å²) in [6.45, 7) is 0. The minimum Gasteiger partial charge on any atom is -0.284 e. The maximum absolute atomic E-state index is 12.5. The molecule has 2 aromatic rings. The number of benzene rings is 2. The van der Waals surface area contributed by atoms with Crippen molar-refractivity contribution in [2.24, 2.45) is 0 Å². The van der Waals surface area contributed by atoms with Gasteiger partial charge in [-0.25, -0.2) is 0 Å². The molecule has 0 atom stereocenters. The lowest BCUT2D eigenvalue weighted by Crippen LogP contribution is -2.23. The second-order valence-electron chi connectivity index (χ2n) is 4.16. The topological polar surface area (TPSA) is 17.1 Å². The number of carbonyl (C=O) groups excluding carboxylic acids is 1. The standard InChI is InChI=1S/C16H11F3O/c17-16(18,19)15(20)14-9-5-4-8-13(14)11-10-12-6-2-1-3-7-12/h1-11H/b11-10+. The Bertz CT molecular complexity index is 628. The summed E-state index contributed by atoms with van der Waals surface area (Å²) in [6, 6.07) is 14.8. The number of carbonyl (C=O) groups is 1. The maximum Gasteiger partial charge on any atom is 0.454 e. The highest BCUT2D eigenvalue weighted by Gasteiger charge is 2.39. The highest BCUT2D eigenvalue weighted by atomic mass is 19.4. The first-order valence-corrected chi connectivity index (χ1v) is 5.92. The van der Waals surface area contributed by atoms with Crippen LogP contribution >= 0.6 is 0 Å². The zero-order valence-corrected chi connectivity index (χ0v) is 10.4. The molecule has 0 heterocycles. The predicted octanol–water partition coefficient (Wildman–Crippen LogP) is 4.60. The Balaban J connectivity index is 2.34. The van der Waals surface area contributed by atoms with Gasteiger partial charge in [-0.3, -0.25) is 4.79 Å². The molecule has 0 unspecified atom stereocenters. The van der Waals surface area contributed by atoms with Crippen molar-refractivity contribution in [3.05, 3.63) is 71.3 Å². The Morgan fingerprint density at radius 2 is 1.45 bits per heavy atom. The highest BCUT2D eigenvalue weighted by molar-refractivity contribution is 6.03. The Hall–Kier alpha value is -2.36. The van der Waals surface area contributed by atoms with Crippen LogP contribution in [0.1, 0.15) is 21.5 Å². The molecule has 0 bridgehead atoms. The first-order valence-electron chi connectivity index (χ1n) is 5.92. The van der Waals surface area contributed by atoms with Crippen LogP contribution in [-0.4, -0.2) is 12.0 Å². The number of Topliss-reactive ketones (excluding diaryl/α,β-unsaturated/α-hetero) is 1. The molecule has 0 saturated carbocycles. The summed E-state index contributed by atoms with van der Waals surface area (Å²) >= 11 is 0. The first-order chi connectivity index (χ1) is 9.48. The van der Waals surface area contributed by atoms with E-state index in [-0.39, 0.29) is 11.1 Å². The van der Waals surface area contributed by atoms with Gasteiger partial charge in [-0.1, -0.05) is 66.7 Å². The molecule has 0 amide bonds. The van der Waals surface area contributed by atoms with E-state index >= 15 is 0 Å². The van der Waals surface area contributed by atoms with E-state index in [1.807, 2.05) is 30.3 Å². The molecule has 0 aliphatic heterocycles. The predicted molar refractivity (Wildman–Crippen MR) is 72.2 cm³/mol. The van der Waals surface area contributed by atoms with Crippen molar-refractivity contribution in [3.63, 3.8) is 0 Å². The van der Waals surface area contributed by atoms with E-state index in [1.54, 1.807) is 12.1 Å². The molecular weight excluding hydrogens is 265 g/mol. The number of hydrogen-bond acceptors (Lipinski definition) is 1. The molecule has 0 saturated heterocycles. The van der Waals surface area contributed by atoms with Crippen LogP contribution in [0.3, 0.4) is 0 Å². The minimum absolute atomic E-state index is 0.249. The minimum atomic E-state index is -4.86. The van der Waals surface area contributed by atoms with Crippen LogP contribution in [0.4, 0.5) is 13.2 Å². The van der Waals surface area contributed by atoms with Crippen molar-refractivity contribution in [3.8, 4) is 0 Å². The average molecular weight is 276 g/mol. The van der Waals surface area contributed by atoms with Gasteiger partial charge in [0.05, 0.1) is 0 Å². The van der Waals surface area contributed by atoms with Crippen molar-refractivity contribution in [2.75, 3.05) is 0 Å². The molecule has 0 spiro atoms. The van der Waals surface area contributed by atoms with Gasteiger partial charge in [0.15, 0.2) is 0 Å². The molecule has 0 N–H and O–H groups in total. The van der Waals surface area contributed by atoms with E-state index < -0.39 is 12.0 Å². The summed E-state index contributed by atoms with van der Waals surface area (Å²) in [7, 11) is 0. The van der Waals surface area contributed by atoms with Gasteiger partial charge in [0.1, 0.15) is 0 Å². The quantitative estimate of drug-likeness (QED) is 0.591. The molecule has 0 radical (unpaired) electrons. The Morgan fingerprint density at radius 3 is 2.10 bits per heavy atom. The molecule has 1 nitrogen and oxygen atoms in total. The van der Waals surface area contributed by atoms with Crippen LogP contribution in [-0.2, 0) is 0 Å². The van der Waals surface area contributed by atoms with Crippen LogP contribution in [0.15, 0.2) is 54.6 Å². The van der Waals surface area contributed by atoms with Gasteiger partial charge in [0.25, 0.3) is 5.78 Å². The van der Waals surface area contributed by atoms with E-state index in [2.05, 4.69) is 0 Å². The number of alkyl halides is 3. The fraction of sp³-hybridized carbons (Fsp3) is 0.0625. The van der Waals surface area contributed by atoms with Crippen molar-refractivity contribution in [2.45, 2.75) is 6.18 Å². The van der Waals surface area contributed by atoms with Crippen molar-refractivity contribution >= 4 is 17.9 Å². The van der Waals surface area contributed by atoms with Crippen molar-refractivity contribution < 1.29 is 18.0 Å². The van der Waals surface area contributed by atoms with Gasteiger partial charge < -0.3 is 0 Å². The Labute approximate surface area is 114 Å². The van der Waals surface area contributed by atoms with E-state index in [0.717, 1.165) is 5.56 Å². The summed E-state index contributed by atoms with van der Waals surface area (Å²) < 4.78 is 37.5. The molecule has 0 aromatic heterocycles. The van der Waals surface area contributed by atoms with E-state index in [9.17, 15) is 18.0 Å². The summed E-state index contributed by atoms with van der Waals surface area (Å²) in [6.07, 6.45) is -1.69. The largest absolute Gasteiger partial charge is 0.454 e. The average Bonchev–Trinajstić information content (AvgIpc) is 2.45. The molecule has 0 fully saturated rings. The lowest BCUT2D eigenvalue weighted by atomic mass is 10.0. The van der Waals surface area contributed by atoms with Crippen LogP contribution in [0.25, 0.3) is 12.2 Å². The van der Waals surface area contributed by atoms with Gasteiger partial charge in [0, 0.05) is 5.56 Å². The fourth-order valence-electron chi connectivity index (χ4n) is 1.75. The highest BCUT2D eigenvalue weighted by Crippen LogP contribution is 2.24. The van der Waals surface area contributed by atoms with Crippen LogP contribution in [0.5, 0.6) is 0 Å². The molecule has 2 aromatic carbocycles. The summed E-state index contributed by atoms with van der Waals surface area (Å²) in [4.78, 5) is 11.3. The Kier molecular flexibility index (Phi) is 4.03. The molecule has 20 heavy (non-hydrogen) atoms. The zero-order valence-electron chi connectivity index (χ0n) is 10.4. The SMILES string of the molecule is O=C(c1ccccc1/C=C/c1ccccc1)C(F)(F)F. The number of ketones is 1. The normalized spacial score (nSPS) is 11.8. The van der Waals surface area contributed by atoms with E-state index in [1.165, 1.54) is 24.3 Å². The third-order valence-electron chi connectivity index (χ3n) is 2.72. The van der Waals surface area contributed by atoms with E-state index in [4.69, 9.17) is 0 Å². The van der Waals surface area contributed by atoms with Gasteiger partial charge in [0.2, 0.25) is 0 Å². The molecule has 4 heteroatoms. The third kappa shape index (κ3) is 3.35. The number of hydrogen-bond donors (Lipinski definition) is 0. The van der Waals surface area contributed by atoms with Crippen LogP contribution in [0.2, 0.25) is 0 Å². The number of halogens is 3. The zero-order chi connectivity index (χ0) is 14.6. The molecular formula is C16H11F3O. The molecule has 0 aliphatic rings. The van der Waals surface area contributed by atoms with Gasteiger partial charge in [-0.2, -0.15) is 13.2 Å². The monoisotopic (exact) mass is 276 g/mol. The lowest BCUT2D eigenvalue weighted by molar-refractivity contribution is -0.0885. The van der Waals surface area contributed by atoms with Crippen molar-refractivity contribution in [1.82, 2.24) is 0 Å². The van der Waals surface area contributed by atoms with Gasteiger partial charge in [-0.05, 0) is 11.1 Å².